The quantitative estimate of drug-likeness (QED) is 0.371. The summed E-state index contributed by atoms with van der Waals surface area (Å²) in [5.74, 6) is -2.26. The Morgan fingerprint density at radius 2 is 1.67 bits per heavy atom. The molecule has 0 amide bonds. The monoisotopic (exact) mass is 526 g/mol. The van der Waals surface area contributed by atoms with Gasteiger partial charge in [0, 0.05) is 18.7 Å². The van der Waals surface area contributed by atoms with Gasteiger partial charge in [0.05, 0.1) is 12.2 Å². The molecule has 0 bridgehead atoms. The van der Waals surface area contributed by atoms with Gasteiger partial charge in [0.25, 0.3) is 0 Å². The fourth-order valence-corrected chi connectivity index (χ4v) is 4.61. The van der Waals surface area contributed by atoms with Crippen molar-refractivity contribution in [2.75, 3.05) is 20.8 Å². The third-order valence-corrected chi connectivity index (χ3v) is 6.67. The van der Waals surface area contributed by atoms with E-state index in [-0.39, 0.29) is 17.2 Å². The molecule has 0 radical (unpaired) electrons. The van der Waals surface area contributed by atoms with Gasteiger partial charge in [-0.1, -0.05) is 41.9 Å². The minimum Gasteiger partial charge on any atom is -0.507 e. The minimum atomic E-state index is -2.04. The molecule has 2 aromatic carbocycles. The Morgan fingerprint density at radius 1 is 1.03 bits per heavy atom. The third-order valence-electron chi connectivity index (χ3n) is 6.14. The molecule has 6 atom stereocenters. The van der Waals surface area contributed by atoms with Crippen molar-refractivity contribution in [2.24, 2.45) is 0 Å². The summed E-state index contributed by atoms with van der Waals surface area (Å²) in [6.45, 7) is 3.33. The van der Waals surface area contributed by atoms with Gasteiger partial charge >= 0.3 is 0 Å². The molecule has 8 nitrogen and oxygen atoms in total. The number of aliphatic hydroxyl groups excluding tert-OH is 4. The highest BCUT2D eigenvalue weighted by Crippen LogP contribution is 2.46. The number of aliphatic hydroxyl groups is 4. The second kappa shape index (κ2) is 10.4. The van der Waals surface area contributed by atoms with Crippen molar-refractivity contribution in [1.82, 2.24) is 0 Å². The zero-order chi connectivity index (χ0) is 24.5. The Labute approximate surface area is 201 Å². The maximum Gasteiger partial charge on any atom is 0.228 e. The zero-order valence-electron chi connectivity index (χ0n) is 19.0. The first-order valence-corrected chi connectivity index (χ1v) is 11.4. The van der Waals surface area contributed by atoms with Crippen molar-refractivity contribution in [3.63, 3.8) is 0 Å². The van der Waals surface area contributed by atoms with E-state index in [4.69, 9.17) is 14.2 Å². The highest BCUT2D eigenvalue weighted by molar-refractivity contribution is 9.10. The molecule has 0 aromatic heterocycles. The highest BCUT2D eigenvalue weighted by atomic mass is 79.9. The number of ether oxygens (including phenoxy) is 3. The molecule has 0 spiro atoms. The van der Waals surface area contributed by atoms with Crippen LogP contribution in [0.4, 0.5) is 0 Å². The van der Waals surface area contributed by atoms with Crippen molar-refractivity contribution in [3.8, 4) is 5.75 Å². The lowest BCUT2D eigenvalue weighted by Crippen LogP contribution is -2.64. The SMILES string of the molecule is COC(c1ccc(Br)cc1)c1cc([C@]2(OC)O[C@H](CO)[C@@H](O)[C@H](O)[C@H]2O)c(O)cc1C(C)C. The molecule has 182 valence electrons. The smallest absolute Gasteiger partial charge is 0.228 e. The summed E-state index contributed by atoms with van der Waals surface area (Å²) in [4.78, 5) is 0. The van der Waals surface area contributed by atoms with Crippen LogP contribution in [0.3, 0.4) is 0 Å². The lowest BCUT2D eigenvalue weighted by molar-refractivity contribution is -0.366. The van der Waals surface area contributed by atoms with Gasteiger partial charge in [-0.2, -0.15) is 0 Å². The molecule has 1 aliphatic heterocycles. The van der Waals surface area contributed by atoms with Gasteiger partial charge in [-0.3, -0.25) is 0 Å². The van der Waals surface area contributed by atoms with Crippen molar-refractivity contribution in [2.45, 2.75) is 56.1 Å². The van der Waals surface area contributed by atoms with Crippen LogP contribution in [0.5, 0.6) is 5.75 Å². The van der Waals surface area contributed by atoms with Crippen LogP contribution in [-0.2, 0) is 20.0 Å². The molecule has 1 heterocycles. The fourth-order valence-electron chi connectivity index (χ4n) is 4.35. The van der Waals surface area contributed by atoms with Gasteiger partial charge in [0.15, 0.2) is 0 Å². The largest absolute Gasteiger partial charge is 0.507 e. The summed E-state index contributed by atoms with van der Waals surface area (Å²) in [6, 6.07) is 10.8. The average Bonchev–Trinajstić information content (AvgIpc) is 2.80. The van der Waals surface area contributed by atoms with Gasteiger partial charge in [0.2, 0.25) is 5.79 Å². The molecule has 1 aliphatic rings. The number of aromatic hydroxyl groups is 1. The first kappa shape index (κ1) is 26.1. The Kier molecular flexibility index (Phi) is 8.19. The maximum absolute atomic E-state index is 11.0. The molecule has 0 aliphatic carbocycles. The number of halogens is 1. The van der Waals surface area contributed by atoms with Crippen LogP contribution in [-0.4, -0.2) is 70.8 Å². The number of phenols is 1. The minimum absolute atomic E-state index is 0.0151. The number of methoxy groups -OCH3 is 2. The predicted molar refractivity (Wildman–Crippen MR) is 124 cm³/mol. The number of hydrogen-bond acceptors (Lipinski definition) is 8. The summed E-state index contributed by atoms with van der Waals surface area (Å²) in [6.07, 6.45) is -6.75. The Bertz CT molecular complexity index is 948. The van der Waals surface area contributed by atoms with Crippen LogP contribution in [0.2, 0.25) is 0 Å². The summed E-state index contributed by atoms with van der Waals surface area (Å²) in [5.41, 5.74) is 2.41. The number of benzene rings is 2. The highest BCUT2D eigenvalue weighted by Gasteiger charge is 2.56. The van der Waals surface area contributed by atoms with E-state index in [9.17, 15) is 25.5 Å². The lowest BCUT2D eigenvalue weighted by atomic mass is 9.83. The van der Waals surface area contributed by atoms with Crippen molar-refractivity contribution < 1.29 is 39.7 Å². The van der Waals surface area contributed by atoms with Crippen LogP contribution in [0.25, 0.3) is 0 Å². The van der Waals surface area contributed by atoms with Gasteiger partial charge in [0.1, 0.15) is 36.3 Å². The van der Waals surface area contributed by atoms with E-state index in [1.165, 1.54) is 7.11 Å². The van der Waals surface area contributed by atoms with Gasteiger partial charge in [-0.25, -0.2) is 0 Å². The van der Waals surface area contributed by atoms with Crippen LogP contribution in [0.15, 0.2) is 40.9 Å². The molecular formula is C24H31BrO8. The van der Waals surface area contributed by atoms with E-state index in [1.807, 2.05) is 38.1 Å². The number of phenolic OH excluding ortho intramolecular Hbond substituents is 1. The van der Waals surface area contributed by atoms with E-state index >= 15 is 0 Å². The summed E-state index contributed by atoms with van der Waals surface area (Å²) in [7, 11) is 2.82. The first-order valence-electron chi connectivity index (χ1n) is 10.6. The fraction of sp³-hybridized carbons (Fsp3) is 0.500. The molecule has 33 heavy (non-hydrogen) atoms. The van der Waals surface area contributed by atoms with E-state index in [1.54, 1.807) is 19.2 Å². The van der Waals surface area contributed by atoms with Crippen molar-refractivity contribution in [1.29, 1.82) is 0 Å². The molecule has 9 heteroatoms. The average molecular weight is 527 g/mol. The summed E-state index contributed by atoms with van der Waals surface area (Å²) < 4.78 is 18.1. The maximum atomic E-state index is 11.0. The van der Waals surface area contributed by atoms with Gasteiger partial charge < -0.3 is 39.7 Å². The summed E-state index contributed by atoms with van der Waals surface area (Å²) >= 11 is 3.43. The Hall–Kier alpha value is -1.56. The normalized spacial score (nSPS) is 28.8. The van der Waals surface area contributed by atoms with Crippen LogP contribution < -0.4 is 0 Å². The Balaban J connectivity index is 2.23. The van der Waals surface area contributed by atoms with Crippen LogP contribution >= 0.6 is 15.9 Å². The second-order valence-corrected chi connectivity index (χ2v) is 9.37. The van der Waals surface area contributed by atoms with E-state index < -0.39 is 42.9 Å². The zero-order valence-corrected chi connectivity index (χ0v) is 20.6. The molecule has 5 N–H and O–H groups in total. The van der Waals surface area contributed by atoms with Gasteiger partial charge in [-0.05, 0) is 46.9 Å². The molecular weight excluding hydrogens is 496 g/mol. The lowest BCUT2D eigenvalue weighted by Gasteiger charge is -2.48. The molecule has 0 saturated carbocycles. The molecule has 1 unspecified atom stereocenters. The van der Waals surface area contributed by atoms with E-state index in [0.717, 1.165) is 15.6 Å². The summed E-state index contributed by atoms with van der Waals surface area (Å²) in [5, 5.41) is 52.2. The number of hydrogen-bond donors (Lipinski definition) is 5. The third kappa shape index (κ3) is 4.69. The van der Waals surface area contributed by atoms with E-state index in [0.29, 0.717) is 5.56 Å². The standard InChI is InChI=1S/C24H31BrO8/c1-12(2)15-10-18(27)17(9-16(15)22(31-3)13-5-7-14(25)8-6-13)24(32-4)23(30)21(29)20(28)19(11-26)33-24/h5-10,12,19-23,26-30H,11H2,1-4H3/t19-,20-,21+,22?,23-,24+/m1/s1. The topological polar surface area (TPSA) is 129 Å². The van der Waals surface area contributed by atoms with Crippen LogP contribution in [0, 0.1) is 0 Å². The number of rotatable bonds is 7. The molecule has 1 fully saturated rings. The van der Waals surface area contributed by atoms with Gasteiger partial charge in [-0.15, -0.1) is 0 Å². The molecule has 1 saturated heterocycles. The van der Waals surface area contributed by atoms with Crippen molar-refractivity contribution >= 4 is 15.9 Å². The van der Waals surface area contributed by atoms with E-state index in [2.05, 4.69) is 15.9 Å². The second-order valence-electron chi connectivity index (χ2n) is 8.46. The molecule has 2 aromatic rings. The predicted octanol–water partition coefficient (Wildman–Crippen LogP) is 2.29. The van der Waals surface area contributed by atoms with Crippen molar-refractivity contribution in [3.05, 3.63) is 63.1 Å². The first-order chi connectivity index (χ1) is 15.6. The van der Waals surface area contributed by atoms with Crippen LogP contribution in [0.1, 0.15) is 48.1 Å². The molecule has 3 rings (SSSR count). The Morgan fingerprint density at radius 3 is 2.18 bits per heavy atom.